The fourth-order valence-corrected chi connectivity index (χ4v) is 3.90. The summed E-state index contributed by atoms with van der Waals surface area (Å²) < 4.78 is 5.20. The fourth-order valence-electron chi connectivity index (χ4n) is 2.68. The number of carbonyl (C=O) groups excluding carboxylic acids is 1. The van der Waals surface area contributed by atoms with Crippen molar-refractivity contribution in [3.05, 3.63) is 54.4 Å². The number of nitrogens with zero attached hydrogens (tertiary/aromatic N) is 2. The van der Waals surface area contributed by atoms with Gasteiger partial charge in [0.15, 0.2) is 0 Å². The summed E-state index contributed by atoms with van der Waals surface area (Å²) in [6.45, 7) is 0.559. The number of thioether (sulfide) groups is 1. The molecule has 1 aromatic heterocycles. The highest BCUT2D eigenvalue weighted by atomic mass is 32.2. The monoisotopic (exact) mass is 328 g/mol. The lowest BCUT2D eigenvalue weighted by molar-refractivity contribution is -0.118. The molecular weight excluding hydrogens is 308 g/mol. The van der Waals surface area contributed by atoms with Crippen molar-refractivity contribution in [2.75, 3.05) is 17.8 Å². The van der Waals surface area contributed by atoms with Crippen molar-refractivity contribution in [1.29, 1.82) is 0 Å². The number of methoxy groups -OCH3 is 1. The van der Waals surface area contributed by atoms with Gasteiger partial charge < -0.3 is 9.64 Å². The van der Waals surface area contributed by atoms with E-state index in [1.807, 2.05) is 41.3 Å². The van der Waals surface area contributed by atoms with Crippen LogP contribution in [0.3, 0.4) is 0 Å². The molecule has 2 heterocycles. The lowest BCUT2D eigenvalue weighted by Gasteiger charge is -2.25. The minimum absolute atomic E-state index is 0.0708. The zero-order valence-electron chi connectivity index (χ0n) is 13.1. The predicted octanol–water partition coefficient (Wildman–Crippen LogP) is 3.52. The van der Waals surface area contributed by atoms with Gasteiger partial charge in [-0.1, -0.05) is 12.1 Å². The van der Waals surface area contributed by atoms with E-state index in [1.54, 1.807) is 31.3 Å². The highest BCUT2D eigenvalue weighted by Crippen LogP contribution is 2.30. The largest absolute Gasteiger partial charge is 0.497 e. The summed E-state index contributed by atoms with van der Waals surface area (Å²) in [7, 11) is 1.65. The lowest BCUT2D eigenvalue weighted by Crippen LogP contribution is -2.36. The fraction of sp³-hybridized carbons (Fsp3) is 0.333. The smallest absolute Gasteiger partial charge is 0.240 e. The Morgan fingerprint density at radius 1 is 1.26 bits per heavy atom. The summed E-state index contributed by atoms with van der Waals surface area (Å²) in [6, 6.07) is 11.6. The van der Waals surface area contributed by atoms with Crippen LogP contribution in [0.15, 0.2) is 48.8 Å². The molecule has 1 atom stereocenters. The Labute approximate surface area is 140 Å². The van der Waals surface area contributed by atoms with E-state index in [0.717, 1.165) is 35.6 Å². The number of carbonyl (C=O) groups is 1. The van der Waals surface area contributed by atoms with E-state index in [2.05, 4.69) is 4.98 Å². The maximum Gasteiger partial charge on any atom is 0.240 e. The lowest BCUT2D eigenvalue weighted by atomic mass is 10.1. The first kappa shape index (κ1) is 15.9. The summed E-state index contributed by atoms with van der Waals surface area (Å²) >= 11 is 1.76. The third-order valence-electron chi connectivity index (χ3n) is 3.95. The molecule has 5 heteroatoms. The first-order chi connectivity index (χ1) is 11.3. The van der Waals surface area contributed by atoms with Gasteiger partial charge in [-0.25, -0.2) is 0 Å². The van der Waals surface area contributed by atoms with Gasteiger partial charge in [-0.2, -0.15) is 0 Å². The van der Waals surface area contributed by atoms with Gasteiger partial charge in [0.2, 0.25) is 5.91 Å². The number of anilines is 1. The summed E-state index contributed by atoms with van der Waals surface area (Å²) in [5.74, 6) is 2.08. The third-order valence-corrected chi connectivity index (χ3v) is 5.31. The van der Waals surface area contributed by atoms with Gasteiger partial charge in [0.1, 0.15) is 5.75 Å². The zero-order chi connectivity index (χ0) is 16.1. The number of ether oxygens (including phenoxy) is 1. The van der Waals surface area contributed by atoms with E-state index < -0.39 is 0 Å². The Bertz CT molecular complexity index is 640. The van der Waals surface area contributed by atoms with Crippen LogP contribution in [0.5, 0.6) is 5.75 Å². The SMILES string of the molecule is COc1ccc(CN(C(=O)[C@@H]2CCCS2)c2ccncc2)cc1. The Balaban J connectivity index is 1.83. The third kappa shape index (κ3) is 3.85. The molecule has 0 radical (unpaired) electrons. The first-order valence-corrected chi connectivity index (χ1v) is 8.79. The van der Waals surface area contributed by atoms with Gasteiger partial charge in [-0.15, -0.1) is 11.8 Å². The number of aromatic nitrogens is 1. The quantitative estimate of drug-likeness (QED) is 0.842. The molecule has 1 fully saturated rings. The molecule has 23 heavy (non-hydrogen) atoms. The summed E-state index contributed by atoms with van der Waals surface area (Å²) in [6.07, 6.45) is 5.54. The maximum absolute atomic E-state index is 12.9. The van der Waals surface area contributed by atoms with E-state index in [0.29, 0.717) is 6.54 Å². The van der Waals surface area contributed by atoms with Crippen molar-refractivity contribution < 1.29 is 9.53 Å². The number of pyridine rings is 1. The second-order valence-corrected chi connectivity index (χ2v) is 6.79. The molecule has 3 rings (SSSR count). The van der Waals surface area contributed by atoms with E-state index >= 15 is 0 Å². The normalized spacial score (nSPS) is 17.0. The van der Waals surface area contributed by atoms with Gasteiger partial charge in [0.05, 0.1) is 18.9 Å². The topological polar surface area (TPSA) is 42.4 Å². The molecule has 0 aliphatic carbocycles. The summed E-state index contributed by atoms with van der Waals surface area (Å²) in [5.41, 5.74) is 1.98. The van der Waals surface area contributed by atoms with Crippen molar-refractivity contribution in [2.24, 2.45) is 0 Å². The molecule has 0 N–H and O–H groups in total. The van der Waals surface area contributed by atoms with Crippen LogP contribution in [0, 0.1) is 0 Å². The van der Waals surface area contributed by atoms with Gasteiger partial charge >= 0.3 is 0 Å². The predicted molar refractivity (Wildman–Crippen MR) is 93.9 cm³/mol. The molecule has 0 saturated carbocycles. The van der Waals surface area contributed by atoms with Crippen LogP contribution < -0.4 is 9.64 Å². The maximum atomic E-state index is 12.9. The van der Waals surface area contributed by atoms with E-state index in [9.17, 15) is 4.79 Å². The first-order valence-electron chi connectivity index (χ1n) is 7.74. The van der Waals surface area contributed by atoms with Crippen LogP contribution in [-0.2, 0) is 11.3 Å². The molecule has 0 spiro atoms. The minimum Gasteiger partial charge on any atom is -0.497 e. The second-order valence-electron chi connectivity index (χ2n) is 5.48. The molecular formula is C18H20N2O2S. The number of benzene rings is 1. The van der Waals surface area contributed by atoms with Crippen LogP contribution >= 0.6 is 11.8 Å². The van der Waals surface area contributed by atoms with Gasteiger partial charge in [-0.05, 0) is 48.4 Å². The summed E-state index contributed by atoms with van der Waals surface area (Å²) in [4.78, 5) is 18.9. The Hall–Kier alpha value is -2.01. The van der Waals surface area contributed by atoms with E-state index in [-0.39, 0.29) is 11.2 Å². The minimum atomic E-state index is 0.0708. The van der Waals surface area contributed by atoms with Gasteiger partial charge in [0.25, 0.3) is 0 Å². The van der Waals surface area contributed by atoms with Crippen LogP contribution in [0.2, 0.25) is 0 Å². The Kier molecular flexibility index (Phi) is 5.18. The molecule has 1 aromatic carbocycles. The van der Waals surface area contributed by atoms with Crippen LogP contribution in [0.4, 0.5) is 5.69 Å². The van der Waals surface area contributed by atoms with Crippen molar-refractivity contribution >= 4 is 23.4 Å². The zero-order valence-corrected chi connectivity index (χ0v) is 14.0. The van der Waals surface area contributed by atoms with Crippen molar-refractivity contribution in [1.82, 2.24) is 4.98 Å². The van der Waals surface area contributed by atoms with Crippen molar-refractivity contribution in [3.8, 4) is 5.75 Å². The molecule has 0 bridgehead atoms. The number of rotatable bonds is 5. The Morgan fingerprint density at radius 2 is 2.00 bits per heavy atom. The average molecular weight is 328 g/mol. The second kappa shape index (κ2) is 7.51. The average Bonchev–Trinajstić information content (AvgIpc) is 3.15. The Morgan fingerprint density at radius 3 is 2.61 bits per heavy atom. The van der Waals surface area contributed by atoms with E-state index in [1.165, 1.54) is 0 Å². The standard InChI is InChI=1S/C18H20N2O2S/c1-22-16-6-4-14(5-7-16)13-20(15-8-10-19-11-9-15)18(21)17-3-2-12-23-17/h4-11,17H,2-3,12-13H2,1H3/t17-/m0/s1. The molecule has 2 aromatic rings. The highest BCUT2D eigenvalue weighted by molar-refractivity contribution is 8.00. The number of amides is 1. The molecule has 1 aliphatic heterocycles. The van der Waals surface area contributed by atoms with Crippen LogP contribution in [0.1, 0.15) is 18.4 Å². The van der Waals surface area contributed by atoms with Crippen molar-refractivity contribution in [3.63, 3.8) is 0 Å². The molecule has 0 unspecified atom stereocenters. The van der Waals surface area contributed by atoms with Gasteiger partial charge in [0, 0.05) is 18.1 Å². The van der Waals surface area contributed by atoms with E-state index in [4.69, 9.17) is 4.74 Å². The molecule has 4 nitrogen and oxygen atoms in total. The highest BCUT2D eigenvalue weighted by Gasteiger charge is 2.28. The molecule has 1 aliphatic rings. The van der Waals surface area contributed by atoms with Crippen LogP contribution in [0.25, 0.3) is 0 Å². The molecule has 1 saturated heterocycles. The number of hydrogen-bond donors (Lipinski definition) is 0. The molecule has 120 valence electrons. The van der Waals surface area contributed by atoms with Crippen molar-refractivity contribution in [2.45, 2.75) is 24.6 Å². The molecule has 1 amide bonds. The number of hydrogen-bond acceptors (Lipinski definition) is 4. The van der Waals surface area contributed by atoms with Crippen LogP contribution in [-0.4, -0.2) is 29.0 Å². The summed E-state index contributed by atoms with van der Waals surface area (Å²) in [5, 5.41) is 0.0708. The van der Waals surface area contributed by atoms with Gasteiger partial charge in [-0.3, -0.25) is 9.78 Å².